The molecular formula is C12H15I4NOS. The molecule has 1 aliphatic rings. The normalized spacial score (nSPS) is 9.26. The second-order valence-electron chi connectivity index (χ2n) is 3.22. The highest BCUT2D eigenvalue weighted by Gasteiger charge is 2.13. The quantitative estimate of drug-likeness (QED) is 0.309. The summed E-state index contributed by atoms with van der Waals surface area (Å²) < 4.78 is 0. The van der Waals surface area contributed by atoms with E-state index in [9.17, 15) is 0 Å². The number of benzene rings is 2. The van der Waals surface area contributed by atoms with Crippen molar-refractivity contribution < 1.29 is 5.48 Å². The van der Waals surface area contributed by atoms with Gasteiger partial charge in [0.15, 0.2) is 0 Å². The number of hydrogen-bond acceptors (Lipinski definition) is 2. The van der Waals surface area contributed by atoms with Gasteiger partial charge in [0.2, 0.25) is 0 Å². The Morgan fingerprint density at radius 3 is 1.42 bits per heavy atom. The van der Waals surface area contributed by atoms with Crippen LogP contribution in [0.3, 0.4) is 0 Å². The van der Waals surface area contributed by atoms with E-state index >= 15 is 0 Å². The van der Waals surface area contributed by atoms with E-state index in [1.165, 1.54) is 21.2 Å². The summed E-state index contributed by atoms with van der Waals surface area (Å²) in [6.07, 6.45) is 0. The molecule has 0 saturated carbocycles. The van der Waals surface area contributed by atoms with Crippen molar-refractivity contribution in [1.29, 1.82) is 0 Å². The fourth-order valence-corrected chi connectivity index (χ4v) is 2.57. The van der Waals surface area contributed by atoms with Crippen LogP contribution in [0.1, 0.15) is 0 Å². The number of fused-ring (bicyclic) bond motifs is 2. The molecule has 108 valence electrons. The molecule has 0 radical (unpaired) electrons. The lowest BCUT2D eigenvalue weighted by Crippen LogP contribution is -1.98. The summed E-state index contributed by atoms with van der Waals surface area (Å²) in [5, 5.41) is 3.42. The van der Waals surface area contributed by atoms with E-state index in [0.29, 0.717) is 0 Å². The molecule has 0 spiro atoms. The fraction of sp³-hybridized carbons (Fsp3) is 0. The average molecular weight is 729 g/mol. The first-order chi connectivity index (χ1) is 6.93. The lowest BCUT2D eigenvalue weighted by atomic mass is 10.2. The van der Waals surface area contributed by atoms with Gasteiger partial charge in [0, 0.05) is 9.79 Å². The maximum absolute atomic E-state index is 3.42. The van der Waals surface area contributed by atoms with Gasteiger partial charge in [-0.05, 0) is 24.3 Å². The van der Waals surface area contributed by atoms with Gasteiger partial charge in [0.05, 0.1) is 11.4 Å². The molecule has 3 rings (SSSR count). The van der Waals surface area contributed by atoms with Gasteiger partial charge in [-0.25, -0.2) is 0 Å². The van der Waals surface area contributed by atoms with Crippen LogP contribution in [0.15, 0.2) is 58.3 Å². The van der Waals surface area contributed by atoms with E-state index in [-0.39, 0.29) is 101 Å². The third-order valence-electron chi connectivity index (χ3n) is 2.26. The van der Waals surface area contributed by atoms with Crippen LogP contribution in [0.4, 0.5) is 11.4 Å². The van der Waals surface area contributed by atoms with Crippen molar-refractivity contribution in [2.24, 2.45) is 0 Å². The molecule has 1 aliphatic heterocycles. The van der Waals surface area contributed by atoms with E-state index in [0.717, 1.165) is 0 Å². The summed E-state index contributed by atoms with van der Waals surface area (Å²) in [6.45, 7) is 0. The smallest absolute Gasteiger partial charge is 0.0526 e. The fourth-order valence-electron chi connectivity index (χ4n) is 1.58. The second-order valence-corrected chi connectivity index (χ2v) is 4.30. The topological polar surface area (TPSA) is 43.5 Å². The molecule has 0 amide bonds. The number of anilines is 2. The van der Waals surface area contributed by atoms with Gasteiger partial charge in [0.25, 0.3) is 0 Å². The lowest BCUT2D eigenvalue weighted by molar-refractivity contribution is 0.824. The molecule has 19 heavy (non-hydrogen) atoms. The van der Waals surface area contributed by atoms with Crippen LogP contribution in [0, 0.1) is 0 Å². The molecule has 7 heteroatoms. The van der Waals surface area contributed by atoms with Gasteiger partial charge >= 0.3 is 0 Å². The van der Waals surface area contributed by atoms with E-state index in [1.54, 1.807) is 0 Å². The monoisotopic (exact) mass is 729 g/mol. The predicted molar refractivity (Wildman–Crippen MR) is 126 cm³/mol. The second kappa shape index (κ2) is 12.1. The van der Waals surface area contributed by atoms with Crippen LogP contribution in [0.2, 0.25) is 0 Å². The molecule has 0 unspecified atom stereocenters. The molecule has 3 N–H and O–H groups in total. The van der Waals surface area contributed by atoms with Crippen molar-refractivity contribution in [2.45, 2.75) is 9.79 Å². The SMILES string of the molecule is I.I.I.I.O.c1ccc2c(c1)Nc1ccccc1S2. The van der Waals surface area contributed by atoms with Gasteiger partial charge in [0.1, 0.15) is 0 Å². The summed E-state index contributed by atoms with van der Waals surface area (Å²) >= 11 is 1.82. The van der Waals surface area contributed by atoms with Crippen LogP contribution >= 0.6 is 108 Å². The molecular weight excluding hydrogens is 714 g/mol. The molecule has 2 aromatic carbocycles. The van der Waals surface area contributed by atoms with Crippen molar-refractivity contribution in [1.82, 2.24) is 0 Å². The average Bonchev–Trinajstić information content (AvgIpc) is 2.26. The first kappa shape index (κ1) is 25.4. The van der Waals surface area contributed by atoms with E-state index < -0.39 is 0 Å². The number of halogens is 4. The highest BCUT2D eigenvalue weighted by molar-refractivity contribution is 14.0. The van der Waals surface area contributed by atoms with Crippen LogP contribution in [0.5, 0.6) is 0 Å². The summed E-state index contributed by atoms with van der Waals surface area (Å²) in [6, 6.07) is 16.8. The van der Waals surface area contributed by atoms with Crippen molar-refractivity contribution in [3.8, 4) is 0 Å². The minimum absolute atomic E-state index is 0. The van der Waals surface area contributed by atoms with Gasteiger partial charge in [-0.3, -0.25) is 0 Å². The Hall–Kier alpha value is 1.47. The van der Waals surface area contributed by atoms with Gasteiger partial charge in [-0.15, -0.1) is 95.9 Å². The number of nitrogens with one attached hydrogen (secondary N) is 1. The Labute approximate surface area is 185 Å². The molecule has 0 fully saturated rings. The molecule has 0 aliphatic carbocycles. The first-order valence-electron chi connectivity index (χ1n) is 4.56. The Balaban J connectivity index is -0.000000512. The Morgan fingerprint density at radius 2 is 1.00 bits per heavy atom. The Morgan fingerprint density at radius 1 is 0.632 bits per heavy atom. The third-order valence-corrected chi connectivity index (χ3v) is 3.42. The van der Waals surface area contributed by atoms with Crippen LogP contribution < -0.4 is 5.32 Å². The standard InChI is InChI=1S/C12H9NS.4HI.H2O/c1-3-7-11-9(5-1)13-10-6-2-4-8-12(10)14-11;;;;;/h1-8,13H;4*1H;1H2. The van der Waals surface area contributed by atoms with E-state index in [1.807, 2.05) is 11.8 Å². The molecule has 0 saturated heterocycles. The van der Waals surface area contributed by atoms with Crippen molar-refractivity contribution in [2.75, 3.05) is 5.32 Å². The minimum Gasteiger partial charge on any atom is -0.412 e. The zero-order valence-corrected chi connectivity index (χ0v) is 19.8. The van der Waals surface area contributed by atoms with Crippen molar-refractivity contribution >= 4 is 119 Å². The van der Waals surface area contributed by atoms with Crippen molar-refractivity contribution in [3.05, 3.63) is 48.5 Å². The summed E-state index contributed by atoms with van der Waals surface area (Å²) in [4.78, 5) is 2.59. The molecule has 0 bridgehead atoms. The molecule has 0 atom stereocenters. The summed E-state index contributed by atoms with van der Waals surface area (Å²) in [7, 11) is 0. The maximum atomic E-state index is 3.42. The number of rotatable bonds is 0. The highest BCUT2D eigenvalue weighted by Crippen LogP contribution is 2.43. The first-order valence-corrected chi connectivity index (χ1v) is 5.38. The zero-order valence-electron chi connectivity index (χ0n) is 9.66. The predicted octanol–water partition coefficient (Wildman–Crippen LogP) is 5.54. The van der Waals surface area contributed by atoms with Crippen molar-refractivity contribution in [3.63, 3.8) is 0 Å². The summed E-state index contributed by atoms with van der Waals surface area (Å²) in [5.74, 6) is 0. The lowest BCUT2D eigenvalue weighted by Gasteiger charge is -2.19. The summed E-state index contributed by atoms with van der Waals surface area (Å²) in [5.41, 5.74) is 2.41. The zero-order chi connectivity index (χ0) is 9.38. The molecule has 2 nitrogen and oxygen atoms in total. The van der Waals surface area contributed by atoms with Gasteiger partial charge in [-0.1, -0.05) is 36.0 Å². The van der Waals surface area contributed by atoms with Crippen LogP contribution in [-0.2, 0) is 0 Å². The van der Waals surface area contributed by atoms with Crippen LogP contribution in [-0.4, -0.2) is 5.48 Å². The maximum Gasteiger partial charge on any atom is 0.0526 e. The number of hydrogen-bond donors (Lipinski definition) is 1. The van der Waals surface area contributed by atoms with Gasteiger partial charge < -0.3 is 10.8 Å². The highest BCUT2D eigenvalue weighted by atomic mass is 127. The molecule has 2 aromatic rings. The van der Waals surface area contributed by atoms with E-state index in [2.05, 4.69) is 53.8 Å². The third kappa shape index (κ3) is 6.00. The Bertz CT molecular complexity index is 411. The number of para-hydroxylation sites is 2. The van der Waals surface area contributed by atoms with Crippen LogP contribution in [0.25, 0.3) is 0 Å². The molecule has 1 heterocycles. The molecule has 0 aromatic heterocycles. The largest absolute Gasteiger partial charge is 0.412 e. The minimum atomic E-state index is 0. The van der Waals surface area contributed by atoms with E-state index in [4.69, 9.17) is 0 Å². The Kier molecular flexibility index (Phi) is 16.1. The van der Waals surface area contributed by atoms with Gasteiger partial charge in [-0.2, -0.15) is 0 Å².